The van der Waals surface area contributed by atoms with Crippen LogP contribution in [0, 0.1) is 0 Å². The standard InChI is InChI=1S/C28H22N2O6/c1-2-36-28(35)17-8-5-9-18(13-17)30-24(16-7-6-10-19(31)14-16)23(26(33)27(30)34)25(32)21-15-29-22-12-4-3-11-20(21)22/h3-15,24,29,31-32H,2H2,1H3/b25-23-. The lowest BCUT2D eigenvalue weighted by Crippen LogP contribution is -2.29. The highest BCUT2D eigenvalue weighted by Crippen LogP contribution is 2.43. The van der Waals surface area contributed by atoms with Crippen molar-refractivity contribution in [3.05, 3.63) is 101 Å². The fourth-order valence-corrected chi connectivity index (χ4v) is 4.52. The van der Waals surface area contributed by atoms with E-state index in [1.54, 1.807) is 55.6 Å². The molecule has 0 saturated carbocycles. The number of para-hydroxylation sites is 1. The number of amides is 1. The summed E-state index contributed by atoms with van der Waals surface area (Å²) in [6.45, 7) is 1.87. The summed E-state index contributed by atoms with van der Waals surface area (Å²) in [5, 5.41) is 22.2. The summed E-state index contributed by atoms with van der Waals surface area (Å²) >= 11 is 0. The Morgan fingerprint density at radius 2 is 1.81 bits per heavy atom. The van der Waals surface area contributed by atoms with Gasteiger partial charge in [0, 0.05) is 28.4 Å². The second kappa shape index (κ2) is 9.07. The molecule has 36 heavy (non-hydrogen) atoms. The number of esters is 1. The van der Waals surface area contributed by atoms with Gasteiger partial charge in [0.15, 0.2) is 0 Å². The number of Topliss-reactive ketones (excluding diaryl/α,β-unsaturated/α-hetero) is 1. The number of aromatic amines is 1. The number of nitrogens with zero attached hydrogens (tertiary/aromatic N) is 1. The molecule has 1 atom stereocenters. The number of carbonyl (C=O) groups is 3. The monoisotopic (exact) mass is 482 g/mol. The zero-order chi connectivity index (χ0) is 25.4. The SMILES string of the molecule is CCOC(=O)c1cccc(N2C(=O)C(=O)/C(=C(\O)c3c[nH]c4ccccc34)C2c2cccc(O)c2)c1. The molecular formula is C28H22N2O6. The molecule has 0 aliphatic carbocycles. The Kier molecular flexibility index (Phi) is 5.77. The van der Waals surface area contributed by atoms with Gasteiger partial charge in [0.05, 0.1) is 23.8 Å². The molecule has 1 aliphatic heterocycles. The van der Waals surface area contributed by atoms with Gasteiger partial charge in [-0.15, -0.1) is 0 Å². The van der Waals surface area contributed by atoms with Gasteiger partial charge in [0.2, 0.25) is 0 Å². The van der Waals surface area contributed by atoms with E-state index in [0.717, 1.165) is 5.52 Å². The molecule has 2 heterocycles. The van der Waals surface area contributed by atoms with Crippen LogP contribution in [0.25, 0.3) is 16.7 Å². The molecular weight excluding hydrogens is 460 g/mol. The third kappa shape index (κ3) is 3.78. The van der Waals surface area contributed by atoms with Gasteiger partial charge in [-0.1, -0.05) is 36.4 Å². The lowest BCUT2D eigenvalue weighted by Gasteiger charge is -2.25. The van der Waals surface area contributed by atoms with Crippen LogP contribution in [0.2, 0.25) is 0 Å². The number of hydrogen-bond acceptors (Lipinski definition) is 6. The summed E-state index contributed by atoms with van der Waals surface area (Å²) in [5.74, 6) is -2.73. The molecule has 3 N–H and O–H groups in total. The zero-order valence-corrected chi connectivity index (χ0v) is 19.3. The molecule has 1 aliphatic rings. The largest absolute Gasteiger partial charge is 0.508 e. The summed E-state index contributed by atoms with van der Waals surface area (Å²) < 4.78 is 5.07. The van der Waals surface area contributed by atoms with E-state index in [1.807, 2.05) is 12.1 Å². The number of phenols is 1. The number of anilines is 1. The fraction of sp³-hybridized carbons (Fsp3) is 0.107. The van der Waals surface area contributed by atoms with Crippen LogP contribution in [0.15, 0.2) is 84.6 Å². The van der Waals surface area contributed by atoms with Gasteiger partial charge in [0.1, 0.15) is 11.5 Å². The van der Waals surface area contributed by atoms with Gasteiger partial charge in [-0.3, -0.25) is 14.5 Å². The molecule has 5 rings (SSSR count). The van der Waals surface area contributed by atoms with E-state index in [9.17, 15) is 24.6 Å². The van der Waals surface area contributed by atoms with Gasteiger partial charge in [-0.25, -0.2) is 4.79 Å². The van der Waals surface area contributed by atoms with E-state index in [0.29, 0.717) is 16.5 Å². The quantitative estimate of drug-likeness (QED) is 0.164. The number of fused-ring (bicyclic) bond motifs is 1. The smallest absolute Gasteiger partial charge is 0.338 e. The number of aliphatic hydroxyl groups is 1. The van der Waals surface area contributed by atoms with Crippen molar-refractivity contribution in [3.63, 3.8) is 0 Å². The second-order valence-corrected chi connectivity index (χ2v) is 8.28. The number of phenolic OH excluding ortho intramolecular Hbond substituents is 1. The highest BCUT2D eigenvalue weighted by molar-refractivity contribution is 6.51. The molecule has 0 bridgehead atoms. The normalized spacial score (nSPS) is 17.0. The van der Waals surface area contributed by atoms with Crippen molar-refractivity contribution in [2.75, 3.05) is 11.5 Å². The highest BCUT2D eigenvalue weighted by Gasteiger charge is 2.47. The van der Waals surface area contributed by atoms with Crippen LogP contribution in [0.3, 0.4) is 0 Å². The van der Waals surface area contributed by atoms with Crippen LogP contribution in [0.1, 0.15) is 34.5 Å². The number of aliphatic hydroxyl groups excluding tert-OH is 1. The lowest BCUT2D eigenvalue weighted by molar-refractivity contribution is -0.132. The Morgan fingerprint density at radius 1 is 1.03 bits per heavy atom. The Labute approximate surface area is 206 Å². The van der Waals surface area contributed by atoms with Crippen molar-refractivity contribution in [1.82, 2.24) is 4.98 Å². The van der Waals surface area contributed by atoms with E-state index in [2.05, 4.69) is 4.98 Å². The van der Waals surface area contributed by atoms with Crippen molar-refractivity contribution >= 4 is 40.0 Å². The minimum absolute atomic E-state index is 0.0644. The van der Waals surface area contributed by atoms with Gasteiger partial charge in [-0.2, -0.15) is 0 Å². The number of aromatic hydroxyl groups is 1. The van der Waals surface area contributed by atoms with Gasteiger partial charge in [0.25, 0.3) is 11.7 Å². The first-order valence-electron chi connectivity index (χ1n) is 11.3. The molecule has 3 aromatic carbocycles. The molecule has 8 heteroatoms. The summed E-state index contributed by atoms with van der Waals surface area (Å²) in [7, 11) is 0. The third-order valence-corrected chi connectivity index (χ3v) is 6.11. The Balaban J connectivity index is 1.72. The van der Waals surface area contributed by atoms with Gasteiger partial charge >= 0.3 is 5.97 Å². The highest BCUT2D eigenvalue weighted by atomic mass is 16.5. The number of carbonyl (C=O) groups excluding carboxylic acids is 3. The number of hydrogen-bond donors (Lipinski definition) is 3. The summed E-state index contributed by atoms with van der Waals surface area (Å²) in [5.41, 5.74) is 1.89. The van der Waals surface area contributed by atoms with E-state index in [-0.39, 0.29) is 34.9 Å². The molecule has 1 unspecified atom stereocenters. The molecule has 1 saturated heterocycles. The fourth-order valence-electron chi connectivity index (χ4n) is 4.52. The Morgan fingerprint density at radius 3 is 2.58 bits per heavy atom. The number of aromatic nitrogens is 1. The number of ether oxygens (including phenoxy) is 1. The van der Waals surface area contributed by atoms with Gasteiger partial charge in [-0.05, 0) is 48.9 Å². The summed E-state index contributed by atoms with van der Waals surface area (Å²) in [4.78, 5) is 43.4. The number of rotatable bonds is 5. The molecule has 1 fully saturated rings. The predicted molar refractivity (Wildman–Crippen MR) is 134 cm³/mol. The maximum absolute atomic E-state index is 13.4. The lowest BCUT2D eigenvalue weighted by atomic mass is 9.94. The minimum Gasteiger partial charge on any atom is -0.508 e. The van der Waals surface area contributed by atoms with E-state index < -0.39 is 23.7 Å². The maximum atomic E-state index is 13.4. The molecule has 1 amide bonds. The van der Waals surface area contributed by atoms with Crippen molar-refractivity contribution in [1.29, 1.82) is 0 Å². The first-order valence-corrected chi connectivity index (χ1v) is 11.3. The first kappa shape index (κ1) is 22.9. The van der Waals surface area contributed by atoms with E-state index in [1.165, 1.54) is 23.1 Å². The second-order valence-electron chi connectivity index (χ2n) is 8.28. The average Bonchev–Trinajstić information content (AvgIpc) is 3.43. The molecule has 1 aromatic heterocycles. The summed E-state index contributed by atoms with van der Waals surface area (Å²) in [6.07, 6.45) is 1.58. The van der Waals surface area contributed by atoms with Crippen LogP contribution < -0.4 is 4.90 Å². The van der Waals surface area contributed by atoms with Crippen LogP contribution in [0.4, 0.5) is 5.69 Å². The Bertz CT molecular complexity index is 1550. The van der Waals surface area contributed by atoms with E-state index >= 15 is 0 Å². The molecule has 8 nitrogen and oxygen atoms in total. The molecule has 180 valence electrons. The molecule has 0 radical (unpaired) electrons. The zero-order valence-electron chi connectivity index (χ0n) is 19.3. The third-order valence-electron chi connectivity index (χ3n) is 6.11. The summed E-state index contributed by atoms with van der Waals surface area (Å²) in [6, 6.07) is 18.5. The van der Waals surface area contributed by atoms with E-state index in [4.69, 9.17) is 4.74 Å². The number of ketones is 1. The minimum atomic E-state index is -1.05. The molecule has 4 aromatic rings. The Hall–Kier alpha value is -4.85. The average molecular weight is 482 g/mol. The van der Waals surface area contributed by atoms with Crippen LogP contribution in [0.5, 0.6) is 5.75 Å². The number of benzene rings is 3. The van der Waals surface area contributed by atoms with Crippen LogP contribution in [-0.2, 0) is 14.3 Å². The number of nitrogens with one attached hydrogen (secondary N) is 1. The van der Waals surface area contributed by atoms with Crippen molar-refractivity contribution < 1.29 is 29.3 Å². The predicted octanol–water partition coefficient (Wildman–Crippen LogP) is 4.68. The van der Waals surface area contributed by atoms with Gasteiger partial charge < -0.3 is 19.9 Å². The first-order chi connectivity index (χ1) is 17.4. The molecule has 0 spiro atoms. The van der Waals surface area contributed by atoms with Crippen molar-refractivity contribution in [2.24, 2.45) is 0 Å². The number of H-pyrrole nitrogens is 1. The maximum Gasteiger partial charge on any atom is 0.338 e. The van der Waals surface area contributed by atoms with Crippen LogP contribution >= 0.6 is 0 Å². The van der Waals surface area contributed by atoms with Crippen LogP contribution in [-0.4, -0.2) is 39.5 Å². The van der Waals surface area contributed by atoms with Crippen molar-refractivity contribution in [3.8, 4) is 5.75 Å². The topological polar surface area (TPSA) is 120 Å². The van der Waals surface area contributed by atoms with Crippen molar-refractivity contribution in [2.45, 2.75) is 13.0 Å².